The topological polar surface area (TPSA) is 88.4 Å². The molecule has 1 atom stereocenters. The van der Waals surface area contributed by atoms with E-state index in [4.69, 9.17) is 14.7 Å². The Labute approximate surface area is 146 Å². The lowest BCUT2D eigenvalue weighted by molar-refractivity contribution is -0.145. The molecule has 6 nitrogen and oxygen atoms in total. The van der Waals surface area contributed by atoms with Crippen molar-refractivity contribution in [1.29, 1.82) is 5.26 Å². The zero-order valence-corrected chi connectivity index (χ0v) is 13.6. The van der Waals surface area contributed by atoms with Gasteiger partial charge in [0.25, 0.3) is 0 Å². The van der Waals surface area contributed by atoms with Gasteiger partial charge in [-0.15, -0.1) is 0 Å². The first-order valence-corrected chi connectivity index (χ1v) is 7.74. The maximum atomic E-state index is 11.8. The van der Waals surface area contributed by atoms with Gasteiger partial charge >= 0.3 is 12.1 Å². The summed E-state index contributed by atoms with van der Waals surface area (Å²) in [5.41, 5.74) is 1.67. The fraction of sp³-hybridized carbons (Fsp3) is 0.211. The number of hydrogen-bond acceptors (Lipinski definition) is 5. The lowest BCUT2D eigenvalue weighted by Gasteiger charge is -2.12. The second kappa shape index (κ2) is 9.73. The van der Waals surface area contributed by atoms with Gasteiger partial charge in [-0.05, 0) is 11.1 Å². The van der Waals surface area contributed by atoms with E-state index in [1.54, 1.807) is 0 Å². The third-order valence-corrected chi connectivity index (χ3v) is 3.27. The molecule has 0 aliphatic carbocycles. The van der Waals surface area contributed by atoms with Crippen molar-refractivity contribution in [3.63, 3.8) is 0 Å². The lowest BCUT2D eigenvalue weighted by atomic mass is 10.2. The highest BCUT2D eigenvalue weighted by molar-refractivity contribution is 5.73. The summed E-state index contributed by atoms with van der Waals surface area (Å²) < 4.78 is 10.1. The molecule has 2 aromatic carbocycles. The van der Waals surface area contributed by atoms with Crippen molar-refractivity contribution < 1.29 is 19.1 Å². The number of alkyl carbamates (subject to hydrolysis) is 1. The van der Waals surface area contributed by atoms with Gasteiger partial charge in [0.05, 0.1) is 12.5 Å². The van der Waals surface area contributed by atoms with Gasteiger partial charge in [0.2, 0.25) is 0 Å². The molecule has 0 radical (unpaired) electrons. The van der Waals surface area contributed by atoms with Crippen LogP contribution in [0.5, 0.6) is 0 Å². The molecule has 0 saturated heterocycles. The Morgan fingerprint density at radius 1 is 0.920 bits per heavy atom. The first-order valence-electron chi connectivity index (χ1n) is 7.74. The molecule has 1 N–H and O–H groups in total. The molecule has 0 spiro atoms. The summed E-state index contributed by atoms with van der Waals surface area (Å²) >= 11 is 0. The quantitative estimate of drug-likeness (QED) is 0.784. The fourth-order valence-corrected chi connectivity index (χ4v) is 2.00. The predicted octanol–water partition coefficient (Wildman–Crippen LogP) is 2.94. The molecule has 1 amide bonds. The number of nitrogens with zero attached hydrogens (tertiary/aromatic N) is 1. The van der Waals surface area contributed by atoms with Crippen LogP contribution in [0.25, 0.3) is 0 Å². The van der Waals surface area contributed by atoms with E-state index in [-0.39, 0.29) is 19.6 Å². The number of amides is 1. The molecule has 0 unspecified atom stereocenters. The van der Waals surface area contributed by atoms with E-state index in [0.717, 1.165) is 11.1 Å². The monoisotopic (exact) mass is 338 g/mol. The third kappa shape index (κ3) is 6.75. The number of carbonyl (C=O) groups excluding carboxylic acids is 2. The van der Waals surface area contributed by atoms with Crippen LogP contribution in [0.1, 0.15) is 17.5 Å². The van der Waals surface area contributed by atoms with Crippen LogP contribution in [-0.2, 0) is 27.5 Å². The molecule has 128 valence electrons. The summed E-state index contributed by atoms with van der Waals surface area (Å²) in [7, 11) is 0. The predicted molar refractivity (Wildman–Crippen MR) is 90.0 cm³/mol. The van der Waals surface area contributed by atoms with E-state index >= 15 is 0 Å². The lowest BCUT2D eigenvalue weighted by Crippen LogP contribution is -2.36. The Morgan fingerprint density at radius 2 is 1.44 bits per heavy atom. The van der Waals surface area contributed by atoms with Crippen LogP contribution in [0.4, 0.5) is 4.79 Å². The summed E-state index contributed by atoms with van der Waals surface area (Å²) in [6.45, 7) is 0.208. The van der Waals surface area contributed by atoms with Crippen LogP contribution in [0.15, 0.2) is 60.7 Å². The maximum absolute atomic E-state index is 11.8. The van der Waals surface area contributed by atoms with Crippen LogP contribution in [0.2, 0.25) is 0 Å². The number of hydrogen-bond donors (Lipinski definition) is 1. The van der Waals surface area contributed by atoms with Crippen molar-refractivity contribution in [1.82, 2.24) is 5.32 Å². The molecule has 6 heteroatoms. The number of nitriles is 1. The molecule has 0 bridgehead atoms. The van der Waals surface area contributed by atoms with E-state index < -0.39 is 18.1 Å². The Bertz CT molecular complexity index is 669. The zero-order valence-electron chi connectivity index (χ0n) is 13.6. The molecule has 2 rings (SSSR count). The molecule has 0 heterocycles. The molecule has 0 fully saturated rings. The third-order valence-electron chi connectivity index (χ3n) is 3.27. The van der Waals surface area contributed by atoms with Crippen molar-refractivity contribution in [2.24, 2.45) is 0 Å². The summed E-state index contributed by atoms with van der Waals surface area (Å²) in [5.74, 6) is -0.571. The van der Waals surface area contributed by atoms with Gasteiger partial charge in [-0.2, -0.15) is 5.26 Å². The van der Waals surface area contributed by atoms with Crippen LogP contribution in [0, 0.1) is 11.3 Å². The SMILES string of the molecule is N#C[C@H](CC(=O)OCc1ccccc1)NC(=O)OCc1ccccc1. The van der Waals surface area contributed by atoms with E-state index in [1.165, 1.54) is 0 Å². The van der Waals surface area contributed by atoms with Crippen molar-refractivity contribution in [2.45, 2.75) is 25.7 Å². The highest BCUT2D eigenvalue weighted by atomic mass is 16.5. The van der Waals surface area contributed by atoms with E-state index in [2.05, 4.69) is 5.32 Å². The fourth-order valence-electron chi connectivity index (χ4n) is 2.00. The Kier molecular flexibility index (Phi) is 7.01. The Morgan fingerprint density at radius 3 is 1.96 bits per heavy atom. The second-order valence-electron chi connectivity index (χ2n) is 5.24. The summed E-state index contributed by atoms with van der Waals surface area (Å²) in [5, 5.41) is 11.4. The van der Waals surface area contributed by atoms with Crippen molar-refractivity contribution in [3.8, 4) is 6.07 Å². The number of nitrogens with one attached hydrogen (secondary N) is 1. The number of rotatable bonds is 7. The highest BCUT2D eigenvalue weighted by Crippen LogP contribution is 2.04. The molecular formula is C19H18N2O4. The van der Waals surface area contributed by atoms with Crippen molar-refractivity contribution in [2.75, 3.05) is 0 Å². The highest BCUT2D eigenvalue weighted by Gasteiger charge is 2.17. The van der Waals surface area contributed by atoms with Crippen LogP contribution >= 0.6 is 0 Å². The van der Waals surface area contributed by atoms with Gasteiger partial charge in [-0.25, -0.2) is 4.79 Å². The maximum Gasteiger partial charge on any atom is 0.408 e. The molecule has 25 heavy (non-hydrogen) atoms. The van der Waals surface area contributed by atoms with Gasteiger partial charge in [-0.1, -0.05) is 60.7 Å². The first kappa shape index (κ1) is 18.0. The number of ether oxygens (including phenoxy) is 2. The van der Waals surface area contributed by atoms with Gasteiger partial charge in [0.1, 0.15) is 19.3 Å². The summed E-state index contributed by atoms with van der Waals surface area (Å²) in [6.07, 6.45) is -1.00. The van der Waals surface area contributed by atoms with E-state index in [0.29, 0.717) is 0 Å². The number of benzene rings is 2. The Balaban J connectivity index is 1.72. The Hall–Kier alpha value is -3.33. The molecule has 0 aliphatic heterocycles. The van der Waals surface area contributed by atoms with Crippen LogP contribution in [-0.4, -0.2) is 18.1 Å². The van der Waals surface area contributed by atoms with Gasteiger partial charge < -0.3 is 14.8 Å². The molecule has 0 aromatic heterocycles. The van der Waals surface area contributed by atoms with Crippen LogP contribution in [0.3, 0.4) is 0 Å². The average molecular weight is 338 g/mol. The van der Waals surface area contributed by atoms with E-state index in [9.17, 15) is 9.59 Å². The molecular weight excluding hydrogens is 320 g/mol. The van der Waals surface area contributed by atoms with Crippen molar-refractivity contribution >= 4 is 12.1 Å². The summed E-state index contributed by atoms with van der Waals surface area (Å²) in [6, 6.07) is 19.2. The number of carbonyl (C=O) groups is 2. The molecule has 0 saturated carbocycles. The molecule has 0 aliphatic rings. The minimum absolute atomic E-state index is 0.0866. The van der Waals surface area contributed by atoms with Gasteiger partial charge in [0.15, 0.2) is 0 Å². The second-order valence-corrected chi connectivity index (χ2v) is 5.24. The smallest absolute Gasteiger partial charge is 0.408 e. The minimum Gasteiger partial charge on any atom is -0.461 e. The van der Waals surface area contributed by atoms with Crippen LogP contribution < -0.4 is 5.32 Å². The minimum atomic E-state index is -1.01. The average Bonchev–Trinajstić information content (AvgIpc) is 2.66. The zero-order chi connectivity index (χ0) is 17.9. The first-order chi connectivity index (χ1) is 12.2. The van der Waals surface area contributed by atoms with Gasteiger partial charge in [-0.3, -0.25) is 4.79 Å². The van der Waals surface area contributed by atoms with Crippen molar-refractivity contribution in [3.05, 3.63) is 71.8 Å². The molecule has 2 aromatic rings. The largest absolute Gasteiger partial charge is 0.461 e. The van der Waals surface area contributed by atoms with E-state index in [1.807, 2.05) is 66.7 Å². The standard InChI is InChI=1S/C19H18N2O4/c20-12-17(11-18(22)24-13-15-7-3-1-4-8-15)21-19(23)25-14-16-9-5-2-6-10-16/h1-10,17H,11,13-14H2,(H,21,23)/t17-/m0/s1. The normalized spacial score (nSPS) is 11.0. The number of esters is 1. The summed E-state index contributed by atoms with van der Waals surface area (Å²) in [4.78, 5) is 23.5. The van der Waals surface area contributed by atoms with Gasteiger partial charge in [0, 0.05) is 0 Å².